The molecule has 0 spiro atoms. The molecule has 12 N–H and O–H groups in total. The molecule has 0 fully saturated rings. The van der Waals surface area contributed by atoms with Gasteiger partial charge >= 0.3 is 0 Å². The largest absolute Gasteiger partial charge is 0.382 e. The average molecular weight is 1970 g/mol. The van der Waals surface area contributed by atoms with E-state index in [1.165, 1.54) is 0 Å². The third kappa shape index (κ3) is 18.9. The molecule has 0 saturated heterocycles. The maximum absolute atomic E-state index is 12.6. The normalized spacial score (nSPS) is 11.4. The number of hydrogen-bond acceptors (Lipinski definition) is 24. The van der Waals surface area contributed by atoms with Crippen LogP contribution >= 0.6 is 45.3 Å². The third-order valence-electron chi connectivity index (χ3n) is 24.4. The molecule has 6 aromatic carbocycles. The molecule has 35 heteroatoms. The first-order chi connectivity index (χ1) is 71.2. The Labute approximate surface area is 840 Å². The molecule has 20 aromatic heterocycles. The number of amides is 3. The lowest BCUT2D eigenvalue weighted by Crippen LogP contribution is -2.17. The first-order valence-electron chi connectivity index (χ1n) is 46.1. The van der Waals surface area contributed by atoms with Crippen LogP contribution in [0.3, 0.4) is 0 Å². The van der Waals surface area contributed by atoms with E-state index in [0.717, 1.165) is 211 Å². The molecule has 0 unspecified atom stereocenters. The van der Waals surface area contributed by atoms with Crippen molar-refractivity contribution < 1.29 is 14.4 Å². The first kappa shape index (κ1) is 90.2. The molecule has 0 radical (unpaired) electrons. The predicted molar refractivity (Wildman–Crippen MR) is 577 cm³/mol. The molecule has 26 aromatic rings. The van der Waals surface area contributed by atoms with Crippen molar-refractivity contribution in [1.82, 2.24) is 121 Å². The number of thiophene rings is 4. The Balaban J connectivity index is 0.000000107. The molecule has 20 heterocycles. The van der Waals surface area contributed by atoms with Gasteiger partial charge in [-0.25, -0.2) is 19.9 Å². The number of imidazole rings is 4. The fourth-order valence-corrected chi connectivity index (χ4v) is 19.9. The second-order valence-corrected chi connectivity index (χ2v) is 38.0. The highest BCUT2D eigenvalue weighted by atomic mass is 32.1. The summed E-state index contributed by atoms with van der Waals surface area (Å²) in [6, 6.07) is 59.7. The van der Waals surface area contributed by atoms with Gasteiger partial charge in [0, 0.05) is 139 Å². The second-order valence-electron chi connectivity index (χ2n) is 34.9. The molecule has 26 rings (SSSR count). The highest BCUT2D eigenvalue weighted by Crippen LogP contribution is 2.41. The van der Waals surface area contributed by atoms with Crippen LogP contribution in [0.1, 0.15) is 43.6 Å². The Hall–Kier alpha value is -18.7. The minimum atomic E-state index is -0.182. The Kier molecular flexibility index (Phi) is 24.6. The number of carbonyl (C=O) groups excluding carboxylic acids is 3. The Morgan fingerprint density at radius 3 is 0.931 bits per heavy atom. The number of benzene rings is 6. The number of rotatable bonds is 21. The van der Waals surface area contributed by atoms with Gasteiger partial charge in [0.1, 0.15) is 44.8 Å². The fraction of sp³-hybridized carbons (Fsp3) is 0.0636. The van der Waals surface area contributed by atoms with Crippen molar-refractivity contribution in [3.63, 3.8) is 0 Å². The molecular weight excluding hydrogens is 1890 g/mol. The fourth-order valence-electron chi connectivity index (χ4n) is 17.3. The number of aromatic amines is 8. The maximum Gasteiger partial charge on any atom is 0.255 e. The van der Waals surface area contributed by atoms with Crippen molar-refractivity contribution in [2.24, 2.45) is 5.92 Å². The van der Waals surface area contributed by atoms with E-state index in [-0.39, 0.29) is 23.6 Å². The minimum absolute atomic E-state index is 0.0438. The van der Waals surface area contributed by atoms with Crippen molar-refractivity contribution in [3.05, 3.63) is 335 Å². The van der Waals surface area contributed by atoms with Gasteiger partial charge in [-0.2, -0.15) is 65.7 Å². The summed E-state index contributed by atoms with van der Waals surface area (Å²) < 4.78 is 0. The van der Waals surface area contributed by atoms with Gasteiger partial charge in [-0.05, 0) is 216 Å². The average Bonchev–Trinajstić information content (AvgIpc) is 1.60. The van der Waals surface area contributed by atoms with Gasteiger partial charge < -0.3 is 41.2 Å². The summed E-state index contributed by atoms with van der Waals surface area (Å²) in [7, 11) is 0. The Morgan fingerprint density at radius 1 is 0.297 bits per heavy atom. The van der Waals surface area contributed by atoms with Crippen molar-refractivity contribution >= 4 is 174 Å². The molecule has 0 atom stereocenters. The number of H-pyrrole nitrogens is 8. The summed E-state index contributed by atoms with van der Waals surface area (Å²) >= 11 is 6.59. The molecule has 31 nitrogen and oxygen atoms in total. The topological polar surface area (TPSA) is 432 Å². The van der Waals surface area contributed by atoms with Crippen LogP contribution in [-0.4, -0.2) is 144 Å². The number of nitrogens with one attached hydrogen (secondary N) is 12. The van der Waals surface area contributed by atoms with Gasteiger partial charge in [0.2, 0.25) is 11.8 Å². The first-order valence-corrected chi connectivity index (χ1v) is 49.9. The number of fused-ring (bicyclic) bond motifs is 8. The van der Waals surface area contributed by atoms with Gasteiger partial charge in [0.25, 0.3) is 5.91 Å². The van der Waals surface area contributed by atoms with E-state index in [1.54, 1.807) is 119 Å². The van der Waals surface area contributed by atoms with E-state index in [0.29, 0.717) is 58.4 Å². The van der Waals surface area contributed by atoms with Crippen molar-refractivity contribution in [1.29, 1.82) is 0 Å². The predicted octanol–water partition coefficient (Wildman–Crippen LogP) is 25.0. The summed E-state index contributed by atoms with van der Waals surface area (Å²) in [5, 5.41) is 63.3. The molecular formula is C110H82N28O3S4. The SMILES string of the molecule is CC(C)C(=O)Nc1cncc(-c2ccc3[nH]nc(-c4nc5c(-c6ccsc6)cncc5[nH]4)c3c2)c1.CC(C)Nc1cncc(-c2ccc3[nH]nc(-c4nc5c(-c6ccsc6)cncc5[nH]4)c3c2)c1.O=C(Cc1ccccc1)Nc1cncc(-c2ccc3[nH]nc(-c4nc5c(-c6ccsc6)cncc5[nH]4)c3c2)c1.O=C(Nc1cncc(-c2ccc3[nH]nc(-c4nc5c(-c6ccsc6)cncc5[nH]4)c3c2)c1)c1ccccc1. The lowest BCUT2D eigenvalue weighted by Gasteiger charge is -2.11. The van der Waals surface area contributed by atoms with Crippen LogP contribution in [0, 0.1) is 5.92 Å². The standard InChI is InChI=1S/C30H21N7OS.C29H19N7OS.C26H21N7OS.C25H21N7S/c38-27(10-18-4-2-1-3-5-18)33-22-11-21(13-31-14-22)19-6-7-25-23(12-19)29(37-36-25)30-34-26-16-32-15-24(28(26)35-30)20-8-9-39-17-20;37-29(17-4-2-1-3-5-17)32-21-10-20(12-30-13-21)18-6-7-24-22(11-18)27(36-35-24)28-33-25-15-31-14-23(26(25)34-28)19-8-9-38-16-19;1-14(2)26(34)29-18-7-17(9-27-10-18)15-3-4-21-19(8-15)24(33-32-21)25-30-22-12-28-11-20(23(22)31-25)16-5-6-35-13-16;1-14(2)28-18-7-17(9-26-10-18)15-3-4-21-19(8-15)24(32-31-21)25-29-22-12-27-11-20(23(22)30-25)16-5-6-33-13-16/h1-9,11-17H,10H2,(H,33,38)(H,34,35)(H,36,37);1-16H,(H,32,37)(H,33,34)(H,35,36);3-14H,1-2H3,(H,29,34)(H,30,31)(H,32,33);3-14,28H,1-2H3,(H,29,30)(H,31,32). The molecule has 3 amide bonds. The van der Waals surface area contributed by atoms with Crippen molar-refractivity contribution in [3.8, 4) is 135 Å². The van der Waals surface area contributed by atoms with Crippen LogP contribution in [0.15, 0.2) is 324 Å². The zero-order valence-electron chi connectivity index (χ0n) is 77.6. The number of hydrogen-bond donors (Lipinski definition) is 12. The molecule has 145 heavy (non-hydrogen) atoms. The van der Waals surface area contributed by atoms with Gasteiger partial charge in [-0.1, -0.05) is 86.6 Å². The van der Waals surface area contributed by atoms with Gasteiger partial charge in [0.15, 0.2) is 23.3 Å². The summed E-state index contributed by atoms with van der Waals surface area (Å²) in [4.78, 5) is 106. The van der Waals surface area contributed by atoms with Crippen LogP contribution < -0.4 is 21.3 Å². The maximum atomic E-state index is 12.6. The van der Waals surface area contributed by atoms with Crippen LogP contribution in [0.5, 0.6) is 0 Å². The van der Waals surface area contributed by atoms with E-state index in [9.17, 15) is 14.4 Å². The highest BCUT2D eigenvalue weighted by molar-refractivity contribution is 7.09. The number of aromatic nitrogens is 24. The number of nitrogens with zero attached hydrogens (tertiary/aromatic N) is 16. The molecule has 0 bridgehead atoms. The zero-order chi connectivity index (χ0) is 98.0. The summed E-state index contributed by atoms with van der Waals surface area (Å²) in [6.07, 6.45) is 28.9. The van der Waals surface area contributed by atoms with E-state index in [4.69, 9.17) is 19.9 Å². The van der Waals surface area contributed by atoms with Crippen molar-refractivity contribution in [2.45, 2.75) is 40.2 Å². The van der Waals surface area contributed by atoms with E-state index in [1.807, 2.05) is 176 Å². The Bertz CT molecular complexity index is 9240. The Morgan fingerprint density at radius 2 is 0.607 bits per heavy atom. The zero-order valence-corrected chi connectivity index (χ0v) is 80.8. The highest BCUT2D eigenvalue weighted by Gasteiger charge is 2.25. The van der Waals surface area contributed by atoms with Gasteiger partial charge in [-0.3, -0.25) is 74.7 Å². The quantitative estimate of drug-likeness (QED) is 0.0318. The van der Waals surface area contributed by atoms with Gasteiger partial charge in [0.05, 0.1) is 117 Å². The van der Waals surface area contributed by atoms with Crippen LogP contribution in [0.2, 0.25) is 0 Å². The molecule has 0 aliphatic heterocycles. The van der Waals surface area contributed by atoms with E-state index >= 15 is 0 Å². The lowest BCUT2D eigenvalue weighted by molar-refractivity contribution is -0.119. The smallest absolute Gasteiger partial charge is 0.255 e. The number of pyridine rings is 8. The second kappa shape index (κ2) is 39.5. The summed E-state index contributed by atoms with van der Waals surface area (Å²) in [5.74, 6) is 2.29. The lowest BCUT2D eigenvalue weighted by atomic mass is 10.0. The molecule has 0 aliphatic carbocycles. The van der Waals surface area contributed by atoms with Crippen LogP contribution in [0.25, 0.3) is 223 Å². The minimum Gasteiger partial charge on any atom is -0.382 e. The van der Waals surface area contributed by atoms with E-state index in [2.05, 4.69) is 223 Å². The number of carbonyl (C=O) groups is 3. The summed E-state index contributed by atoms with van der Waals surface area (Å²) in [6.45, 7) is 7.95. The molecule has 0 saturated carbocycles. The molecule has 704 valence electrons. The monoisotopic (exact) mass is 1970 g/mol. The van der Waals surface area contributed by atoms with Crippen molar-refractivity contribution in [2.75, 3.05) is 21.3 Å². The molecule has 0 aliphatic rings. The van der Waals surface area contributed by atoms with Gasteiger partial charge in [-0.15, -0.1) is 0 Å². The summed E-state index contributed by atoms with van der Waals surface area (Å²) in [5.41, 5.74) is 34.0. The van der Waals surface area contributed by atoms with Crippen LogP contribution in [-0.2, 0) is 16.0 Å². The van der Waals surface area contributed by atoms with E-state index < -0.39 is 0 Å². The third-order valence-corrected chi connectivity index (χ3v) is 27.1. The number of anilines is 4. The van der Waals surface area contributed by atoms with Crippen LogP contribution in [0.4, 0.5) is 22.7 Å².